The second-order valence-corrected chi connectivity index (χ2v) is 14.2. The molecule has 3 fully saturated rings. The Bertz CT molecular complexity index is 1490. The molecule has 1 saturated carbocycles. The largest absolute Gasteiger partial charge is 0.444 e. The highest BCUT2D eigenvalue weighted by Gasteiger charge is 2.36. The van der Waals surface area contributed by atoms with Gasteiger partial charge in [0.05, 0.1) is 24.5 Å². The summed E-state index contributed by atoms with van der Waals surface area (Å²) in [5, 5.41) is 0.806. The van der Waals surface area contributed by atoms with E-state index in [2.05, 4.69) is 19.8 Å². The average Bonchev–Trinajstić information content (AvgIpc) is 3.41. The summed E-state index contributed by atoms with van der Waals surface area (Å²) in [6.45, 7) is 12.1. The highest BCUT2D eigenvalue weighted by atomic mass is 32.1. The number of nitrogens with zero attached hydrogens (tertiary/aromatic N) is 7. The van der Waals surface area contributed by atoms with E-state index in [4.69, 9.17) is 9.72 Å². The van der Waals surface area contributed by atoms with Crippen molar-refractivity contribution in [1.29, 1.82) is 0 Å². The summed E-state index contributed by atoms with van der Waals surface area (Å²) >= 11 is 1.55. The van der Waals surface area contributed by atoms with Crippen molar-refractivity contribution in [2.75, 3.05) is 42.5 Å². The third kappa shape index (κ3) is 7.03. The molecule has 230 valence electrons. The van der Waals surface area contributed by atoms with Gasteiger partial charge in [-0.05, 0) is 78.2 Å². The molecule has 3 aromatic heterocycles. The van der Waals surface area contributed by atoms with Crippen LogP contribution in [0.15, 0.2) is 41.7 Å². The molecule has 0 radical (unpaired) electrons. The Morgan fingerprint density at radius 3 is 2.58 bits per heavy atom. The first-order valence-electron chi connectivity index (χ1n) is 15.6. The minimum Gasteiger partial charge on any atom is -0.444 e. The third-order valence-electron chi connectivity index (χ3n) is 8.54. The Hall–Kier alpha value is -3.47. The maximum atomic E-state index is 13.4. The molecule has 11 heteroatoms. The third-order valence-corrected chi connectivity index (χ3v) is 9.73. The summed E-state index contributed by atoms with van der Waals surface area (Å²) in [5.74, 6) is 1.47. The van der Waals surface area contributed by atoms with Crippen LogP contribution in [0.25, 0.3) is 10.7 Å². The molecule has 3 aliphatic rings. The fourth-order valence-corrected chi connectivity index (χ4v) is 6.93. The highest BCUT2D eigenvalue weighted by molar-refractivity contribution is 7.15. The molecule has 0 spiro atoms. The van der Waals surface area contributed by atoms with E-state index < -0.39 is 5.60 Å². The Morgan fingerprint density at radius 1 is 1.09 bits per heavy atom. The minimum atomic E-state index is -0.529. The van der Waals surface area contributed by atoms with Crippen molar-refractivity contribution in [2.45, 2.75) is 83.9 Å². The van der Waals surface area contributed by atoms with Crippen LogP contribution in [0.1, 0.15) is 77.1 Å². The fourth-order valence-electron chi connectivity index (χ4n) is 6.00. The van der Waals surface area contributed by atoms with Gasteiger partial charge in [-0.2, -0.15) is 0 Å². The minimum absolute atomic E-state index is 0.0557. The molecule has 0 aromatic carbocycles. The average molecular weight is 606 g/mol. The van der Waals surface area contributed by atoms with E-state index in [-0.39, 0.29) is 23.7 Å². The Kier molecular flexibility index (Phi) is 8.44. The normalized spacial score (nSPS) is 19.9. The topological polar surface area (TPSA) is 96.7 Å². The van der Waals surface area contributed by atoms with Crippen LogP contribution in [0.5, 0.6) is 0 Å². The maximum absolute atomic E-state index is 13.4. The van der Waals surface area contributed by atoms with Crippen molar-refractivity contribution in [3.8, 4) is 10.7 Å². The van der Waals surface area contributed by atoms with Crippen molar-refractivity contribution in [2.24, 2.45) is 5.92 Å². The first-order chi connectivity index (χ1) is 20.6. The van der Waals surface area contributed by atoms with Crippen molar-refractivity contribution in [3.05, 3.63) is 52.2 Å². The summed E-state index contributed by atoms with van der Waals surface area (Å²) in [6, 6.07) is 3.64. The van der Waals surface area contributed by atoms with E-state index in [0.29, 0.717) is 12.5 Å². The van der Waals surface area contributed by atoms with Gasteiger partial charge in [-0.1, -0.05) is 0 Å². The van der Waals surface area contributed by atoms with Gasteiger partial charge >= 0.3 is 6.09 Å². The van der Waals surface area contributed by atoms with Gasteiger partial charge < -0.3 is 24.0 Å². The molecule has 1 amide bonds. The van der Waals surface area contributed by atoms with Gasteiger partial charge in [-0.25, -0.2) is 14.8 Å². The van der Waals surface area contributed by atoms with E-state index in [1.165, 1.54) is 25.7 Å². The quantitative estimate of drug-likeness (QED) is 0.328. The second-order valence-electron chi connectivity index (χ2n) is 13.1. The number of pyridine rings is 1. The number of piperidine rings is 1. The number of amides is 1. The fraction of sp³-hybridized carbons (Fsp3) is 0.594. The van der Waals surface area contributed by atoms with Crippen LogP contribution in [0.2, 0.25) is 0 Å². The van der Waals surface area contributed by atoms with Gasteiger partial charge in [-0.15, -0.1) is 11.3 Å². The lowest BCUT2D eigenvalue weighted by atomic mass is 10.0. The van der Waals surface area contributed by atoms with Gasteiger partial charge in [0, 0.05) is 61.7 Å². The first-order valence-corrected chi connectivity index (χ1v) is 16.5. The summed E-state index contributed by atoms with van der Waals surface area (Å²) in [5.41, 5.74) is 1.07. The Balaban J connectivity index is 1.15. The number of rotatable bonds is 8. The molecule has 3 aromatic rings. The summed E-state index contributed by atoms with van der Waals surface area (Å²) in [7, 11) is 0. The molecule has 43 heavy (non-hydrogen) atoms. The number of ether oxygens (including phenoxy) is 1. The molecule has 2 saturated heterocycles. The number of aromatic nitrogens is 4. The predicted octanol–water partition coefficient (Wildman–Crippen LogP) is 5.59. The number of thiazole rings is 1. The molecule has 2 atom stereocenters. The van der Waals surface area contributed by atoms with Crippen molar-refractivity contribution >= 4 is 28.9 Å². The number of carbonyl (C=O) groups excluding carboxylic acids is 1. The zero-order chi connectivity index (χ0) is 30.1. The monoisotopic (exact) mass is 605 g/mol. The van der Waals surface area contributed by atoms with Crippen molar-refractivity contribution < 1.29 is 9.53 Å². The molecule has 2 aliphatic heterocycles. The lowest BCUT2D eigenvalue weighted by Crippen LogP contribution is -2.52. The molecule has 6 rings (SSSR count). The SMILES string of the molecule is CC(c1cnc(-c2cncc(N3CCCC3)n2)s1)n1ccc(N2CCC[C@@H](N(CC3CC3)C(=O)OC(C)(C)C)C2)cc1=O. The molecule has 0 N–H and O–H groups in total. The summed E-state index contributed by atoms with van der Waals surface area (Å²) in [4.78, 5) is 47.9. The van der Waals surface area contributed by atoms with Crippen LogP contribution in [0.3, 0.4) is 0 Å². The summed E-state index contributed by atoms with van der Waals surface area (Å²) in [6.07, 6.45) is 13.7. The zero-order valence-corrected chi connectivity index (χ0v) is 26.6. The van der Waals surface area contributed by atoms with Gasteiger partial charge in [-0.3, -0.25) is 9.78 Å². The maximum Gasteiger partial charge on any atom is 0.410 e. The molecule has 5 heterocycles. The van der Waals surface area contributed by atoms with E-state index in [0.717, 1.165) is 66.1 Å². The van der Waals surface area contributed by atoms with Crippen LogP contribution in [-0.2, 0) is 4.74 Å². The van der Waals surface area contributed by atoms with Crippen LogP contribution in [0, 0.1) is 5.92 Å². The van der Waals surface area contributed by atoms with Crippen LogP contribution < -0.4 is 15.4 Å². The smallest absolute Gasteiger partial charge is 0.410 e. The van der Waals surface area contributed by atoms with Gasteiger partial charge in [0.25, 0.3) is 5.56 Å². The highest BCUT2D eigenvalue weighted by Crippen LogP contribution is 2.33. The van der Waals surface area contributed by atoms with E-state index in [1.54, 1.807) is 28.2 Å². The number of hydrogen-bond donors (Lipinski definition) is 0. The molecule has 1 unspecified atom stereocenters. The second kappa shape index (κ2) is 12.3. The predicted molar refractivity (Wildman–Crippen MR) is 170 cm³/mol. The molecular formula is C32H43N7O3S. The van der Waals surface area contributed by atoms with Gasteiger partial charge in [0.15, 0.2) is 0 Å². The molecular weight excluding hydrogens is 562 g/mol. The molecule has 0 bridgehead atoms. The molecule has 1 aliphatic carbocycles. The standard InChI is InChI=1S/C32H43N7O3S/c1-22(27-18-34-30(43-27)26-17-33-19-28(35-26)36-12-5-6-13-36)38-15-11-24(16-29(38)40)37-14-7-8-25(21-37)39(20-23-9-10-23)31(41)42-32(2,3)4/h11,15-19,22-23,25H,5-10,12-14,20-21H2,1-4H3/t22?,25-/m1/s1. The van der Waals surface area contributed by atoms with Gasteiger partial charge in [0.1, 0.15) is 22.1 Å². The van der Waals surface area contributed by atoms with Crippen LogP contribution in [-0.4, -0.2) is 74.9 Å². The van der Waals surface area contributed by atoms with Crippen molar-refractivity contribution in [1.82, 2.24) is 24.4 Å². The Labute approximate surface area is 257 Å². The van der Waals surface area contributed by atoms with Crippen LogP contribution in [0.4, 0.5) is 16.3 Å². The number of carbonyl (C=O) groups is 1. The Morgan fingerprint density at radius 2 is 1.86 bits per heavy atom. The van der Waals surface area contributed by atoms with Gasteiger partial charge in [0.2, 0.25) is 0 Å². The lowest BCUT2D eigenvalue weighted by Gasteiger charge is -2.40. The van der Waals surface area contributed by atoms with E-state index in [9.17, 15) is 9.59 Å². The number of anilines is 2. The summed E-state index contributed by atoms with van der Waals surface area (Å²) < 4.78 is 7.54. The molecule has 10 nitrogen and oxygen atoms in total. The lowest BCUT2D eigenvalue weighted by molar-refractivity contribution is 0.0134. The van der Waals surface area contributed by atoms with E-state index in [1.807, 2.05) is 57.3 Å². The van der Waals surface area contributed by atoms with Crippen LogP contribution >= 0.6 is 11.3 Å². The first kappa shape index (κ1) is 29.6. The van der Waals surface area contributed by atoms with E-state index >= 15 is 0 Å². The number of hydrogen-bond acceptors (Lipinski definition) is 9. The zero-order valence-electron chi connectivity index (χ0n) is 25.7. The van der Waals surface area contributed by atoms with Crippen molar-refractivity contribution in [3.63, 3.8) is 0 Å².